The normalized spacial score (nSPS) is 10.8. The first-order valence-corrected chi connectivity index (χ1v) is 9.84. The van der Waals surface area contributed by atoms with E-state index in [0.29, 0.717) is 5.95 Å². The summed E-state index contributed by atoms with van der Waals surface area (Å²) >= 11 is 0. The maximum atomic E-state index is 5.43. The Kier molecular flexibility index (Phi) is 7.41. The highest BCUT2D eigenvalue weighted by Crippen LogP contribution is 2.22. The van der Waals surface area contributed by atoms with Crippen molar-refractivity contribution in [2.75, 3.05) is 51.5 Å². The topological polar surface area (TPSA) is 62.3 Å². The number of hydrogen-bond acceptors (Lipinski definition) is 6. The maximum absolute atomic E-state index is 5.43. The quantitative estimate of drug-likeness (QED) is 0.548. The van der Waals surface area contributed by atoms with Crippen LogP contribution in [0.2, 0.25) is 0 Å². The van der Waals surface area contributed by atoms with Crippen LogP contribution in [0.3, 0.4) is 0 Å². The van der Waals surface area contributed by atoms with Gasteiger partial charge in [0.15, 0.2) is 0 Å². The molecule has 2 N–H and O–H groups in total. The van der Waals surface area contributed by atoms with Gasteiger partial charge in [-0.25, -0.2) is 4.98 Å². The lowest BCUT2D eigenvalue weighted by Crippen LogP contribution is -2.21. The van der Waals surface area contributed by atoms with E-state index in [1.54, 1.807) is 7.11 Å². The van der Waals surface area contributed by atoms with E-state index >= 15 is 0 Å². The van der Waals surface area contributed by atoms with E-state index in [2.05, 4.69) is 52.8 Å². The minimum atomic E-state index is 0.619. The Morgan fingerprint density at radius 2 is 1.66 bits per heavy atom. The molecule has 0 fully saturated rings. The third kappa shape index (κ3) is 6.19. The average molecular weight is 392 g/mol. The number of rotatable bonds is 10. The van der Waals surface area contributed by atoms with Crippen molar-refractivity contribution in [3.05, 3.63) is 66.2 Å². The molecule has 2 aromatic carbocycles. The molecule has 0 spiro atoms. The summed E-state index contributed by atoms with van der Waals surface area (Å²) in [6.45, 7) is 2.47. The van der Waals surface area contributed by atoms with E-state index in [0.717, 1.165) is 54.4 Å². The van der Waals surface area contributed by atoms with E-state index in [4.69, 9.17) is 9.72 Å². The van der Waals surface area contributed by atoms with Gasteiger partial charge in [-0.1, -0.05) is 48.5 Å². The van der Waals surface area contributed by atoms with Gasteiger partial charge in [0.1, 0.15) is 11.6 Å². The number of hydrogen-bond donors (Lipinski definition) is 2. The van der Waals surface area contributed by atoms with Gasteiger partial charge >= 0.3 is 0 Å². The molecule has 152 valence electrons. The minimum absolute atomic E-state index is 0.619. The van der Waals surface area contributed by atoms with E-state index in [9.17, 15) is 0 Å². The zero-order chi connectivity index (χ0) is 20.5. The number of likely N-dealkylation sites (N-methyl/N-ethyl adjacent to an activating group) is 1. The minimum Gasteiger partial charge on any atom is -0.496 e. The van der Waals surface area contributed by atoms with Crippen molar-refractivity contribution in [1.29, 1.82) is 0 Å². The molecule has 29 heavy (non-hydrogen) atoms. The molecule has 1 aromatic heterocycles. The predicted octanol–water partition coefficient (Wildman–Crippen LogP) is 3.78. The molecule has 0 saturated carbocycles. The van der Waals surface area contributed by atoms with E-state index < -0.39 is 0 Å². The van der Waals surface area contributed by atoms with Gasteiger partial charge in [0.05, 0.1) is 12.8 Å². The first-order chi connectivity index (χ1) is 14.2. The number of aromatic nitrogens is 2. The molecule has 1 heterocycles. The van der Waals surface area contributed by atoms with Crippen molar-refractivity contribution in [2.24, 2.45) is 0 Å². The fourth-order valence-corrected chi connectivity index (χ4v) is 3.00. The van der Waals surface area contributed by atoms with Crippen molar-refractivity contribution in [3.8, 4) is 17.0 Å². The van der Waals surface area contributed by atoms with Crippen molar-refractivity contribution in [3.63, 3.8) is 0 Å². The van der Waals surface area contributed by atoms with E-state index in [-0.39, 0.29) is 0 Å². The highest BCUT2D eigenvalue weighted by molar-refractivity contribution is 5.64. The summed E-state index contributed by atoms with van der Waals surface area (Å²) in [7, 11) is 5.81. The molecule has 0 bridgehead atoms. The van der Waals surface area contributed by atoms with Crippen LogP contribution < -0.4 is 15.4 Å². The Hall–Kier alpha value is -3.12. The second kappa shape index (κ2) is 10.4. The van der Waals surface area contributed by atoms with Crippen LogP contribution in [0.25, 0.3) is 11.3 Å². The van der Waals surface area contributed by atoms with Gasteiger partial charge in [0, 0.05) is 31.3 Å². The van der Waals surface area contributed by atoms with Gasteiger partial charge in [-0.2, -0.15) is 4.98 Å². The summed E-state index contributed by atoms with van der Waals surface area (Å²) in [5.41, 5.74) is 3.12. The van der Waals surface area contributed by atoms with Crippen LogP contribution in [0.5, 0.6) is 5.75 Å². The molecule has 0 aliphatic heterocycles. The summed E-state index contributed by atoms with van der Waals surface area (Å²) in [6.07, 6.45) is 0.826. The highest BCUT2D eigenvalue weighted by atomic mass is 16.5. The third-order valence-corrected chi connectivity index (χ3v) is 4.53. The molecule has 3 aromatic rings. The Bertz CT molecular complexity index is 899. The number of methoxy groups -OCH3 is 1. The largest absolute Gasteiger partial charge is 0.496 e. The fourth-order valence-electron chi connectivity index (χ4n) is 3.00. The first kappa shape index (κ1) is 20.6. The number of ether oxygens (including phenoxy) is 1. The standard InChI is InChI=1S/C23H29N5O/c1-28(2)16-15-24-22-17-20(18-9-5-4-6-10-18)26-23(27-22)25-14-13-19-11-7-8-12-21(19)29-3/h4-12,17H,13-16H2,1-3H3,(H2,24,25,26,27). The molecule has 0 radical (unpaired) electrons. The number of para-hydroxylation sites is 1. The first-order valence-electron chi connectivity index (χ1n) is 9.84. The number of nitrogens with zero attached hydrogens (tertiary/aromatic N) is 3. The van der Waals surface area contributed by atoms with Crippen LogP contribution in [-0.2, 0) is 6.42 Å². The molecule has 6 heteroatoms. The lowest BCUT2D eigenvalue weighted by Gasteiger charge is -2.14. The Morgan fingerprint density at radius 1 is 0.897 bits per heavy atom. The van der Waals surface area contributed by atoms with Crippen LogP contribution in [0.4, 0.5) is 11.8 Å². The van der Waals surface area contributed by atoms with Crippen molar-refractivity contribution in [1.82, 2.24) is 14.9 Å². The molecule has 0 unspecified atom stereocenters. The average Bonchev–Trinajstić information content (AvgIpc) is 2.74. The number of benzene rings is 2. The van der Waals surface area contributed by atoms with Crippen LogP contribution in [0, 0.1) is 0 Å². The maximum Gasteiger partial charge on any atom is 0.225 e. The second-order valence-corrected chi connectivity index (χ2v) is 7.05. The van der Waals surface area contributed by atoms with Crippen molar-refractivity contribution < 1.29 is 4.74 Å². The third-order valence-electron chi connectivity index (χ3n) is 4.53. The zero-order valence-electron chi connectivity index (χ0n) is 17.4. The van der Waals surface area contributed by atoms with Gasteiger partial charge in [-0.3, -0.25) is 0 Å². The van der Waals surface area contributed by atoms with Crippen LogP contribution in [-0.4, -0.2) is 55.7 Å². The molecule has 3 rings (SSSR count). The van der Waals surface area contributed by atoms with Gasteiger partial charge in [0.2, 0.25) is 5.95 Å². The molecule has 0 atom stereocenters. The van der Waals surface area contributed by atoms with Gasteiger partial charge in [0.25, 0.3) is 0 Å². The van der Waals surface area contributed by atoms with Crippen molar-refractivity contribution in [2.45, 2.75) is 6.42 Å². The molecule has 0 saturated heterocycles. The smallest absolute Gasteiger partial charge is 0.225 e. The summed E-state index contributed by atoms with van der Waals surface area (Å²) < 4.78 is 5.43. The number of anilines is 2. The van der Waals surface area contributed by atoms with Crippen molar-refractivity contribution >= 4 is 11.8 Å². The fraction of sp³-hybridized carbons (Fsp3) is 0.304. The Balaban J connectivity index is 1.73. The lowest BCUT2D eigenvalue weighted by molar-refractivity contribution is 0.410. The van der Waals surface area contributed by atoms with E-state index in [1.807, 2.05) is 42.5 Å². The second-order valence-electron chi connectivity index (χ2n) is 7.05. The lowest BCUT2D eigenvalue weighted by atomic mass is 10.1. The summed E-state index contributed by atoms with van der Waals surface area (Å²) in [5.74, 6) is 2.34. The molecule has 0 aliphatic carbocycles. The Morgan fingerprint density at radius 3 is 2.41 bits per heavy atom. The summed E-state index contributed by atoms with van der Waals surface area (Å²) in [4.78, 5) is 11.5. The Labute approximate surface area is 173 Å². The zero-order valence-corrected chi connectivity index (χ0v) is 17.4. The monoisotopic (exact) mass is 391 g/mol. The van der Waals surface area contributed by atoms with Crippen LogP contribution in [0.15, 0.2) is 60.7 Å². The molecule has 0 aliphatic rings. The SMILES string of the molecule is COc1ccccc1CCNc1nc(NCCN(C)C)cc(-c2ccccc2)n1. The summed E-state index contributed by atoms with van der Waals surface area (Å²) in [5, 5.41) is 6.77. The molecular formula is C23H29N5O. The molecular weight excluding hydrogens is 362 g/mol. The molecule has 6 nitrogen and oxygen atoms in total. The highest BCUT2D eigenvalue weighted by Gasteiger charge is 2.08. The van der Waals surface area contributed by atoms with Crippen LogP contribution >= 0.6 is 0 Å². The van der Waals surface area contributed by atoms with Crippen LogP contribution in [0.1, 0.15) is 5.56 Å². The number of nitrogens with one attached hydrogen (secondary N) is 2. The van der Waals surface area contributed by atoms with Gasteiger partial charge in [-0.15, -0.1) is 0 Å². The van der Waals surface area contributed by atoms with Gasteiger partial charge in [-0.05, 0) is 32.1 Å². The predicted molar refractivity (Wildman–Crippen MR) is 120 cm³/mol. The summed E-state index contributed by atoms with van der Waals surface area (Å²) in [6, 6.07) is 20.2. The van der Waals surface area contributed by atoms with E-state index in [1.165, 1.54) is 0 Å². The van der Waals surface area contributed by atoms with Gasteiger partial charge < -0.3 is 20.3 Å². The molecule has 0 amide bonds.